The van der Waals surface area contributed by atoms with Gasteiger partial charge in [0.1, 0.15) is 10.1 Å². The fraction of sp³-hybridized carbons (Fsp3) is 0.143. The highest BCUT2D eigenvalue weighted by atomic mass is 79.9. The maximum Gasteiger partial charge on any atom is 0.150 e. The molecular formula is C7H8BrN3. The minimum Gasteiger partial charge on any atom is -0.306 e. The van der Waals surface area contributed by atoms with E-state index >= 15 is 0 Å². The molecule has 0 radical (unpaired) electrons. The van der Waals surface area contributed by atoms with Crippen LogP contribution < -0.4 is 5.49 Å². The smallest absolute Gasteiger partial charge is 0.150 e. The molecule has 0 saturated carbocycles. The molecule has 1 aromatic rings. The molecule has 0 unspecified atom stereocenters. The number of hydrogen-bond donors (Lipinski definition) is 0. The Morgan fingerprint density at radius 1 is 1.82 bits per heavy atom. The second-order valence-corrected chi connectivity index (χ2v) is 2.69. The zero-order chi connectivity index (χ0) is 8.27. The number of rotatable bonds is 1. The highest BCUT2D eigenvalue weighted by molar-refractivity contribution is 9.10. The molecule has 11 heavy (non-hydrogen) atoms. The van der Waals surface area contributed by atoms with Gasteiger partial charge in [-0.15, -0.1) is 0 Å². The van der Waals surface area contributed by atoms with Gasteiger partial charge in [-0.25, -0.2) is 4.98 Å². The van der Waals surface area contributed by atoms with E-state index in [2.05, 4.69) is 32.5 Å². The van der Waals surface area contributed by atoms with Gasteiger partial charge in [0.25, 0.3) is 0 Å². The second-order valence-electron chi connectivity index (χ2n) is 1.88. The lowest BCUT2D eigenvalue weighted by atomic mass is 10.6. The van der Waals surface area contributed by atoms with Crippen molar-refractivity contribution in [3.8, 4) is 0 Å². The Morgan fingerprint density at radius 3 is 3.09 bits per heavy atom. The number of nitrogens with zero attached hydrogens (tertiary/aromatic N) is 3. The van der Waals surface area contributed by atoms with Gasteiger partial charge in [-0.05, 0) is 15.9 Å². The quantitative estimate of drug-likeness (QED) is 0.692. The monoisotopic (exact) mass is 213 g/mol. The molecule has 0 atom stereocenters. The van der Waals surface area contributed by atoms with Crippen LogP contribution in [-0.2, 0) is 0 Å². The molecule has 0 aliphatic carbocycles. The molecule has 0 bridgehead atoms. The number of aromatic nitrogens is 2. The van der Waals surface area contributed by atoms with Gasteiger partial charge in [0.2, 0.25) is 0 Å². The van der Waals surface area contributed by atoms with E-state index in [1.165, 1.54) is 0 Å². The van der Waals surface area contributed by atoms with Crippen LogP contribution in [0, 0.1) is 0 Å². The summed E-state index contributed by atoms with van der Waals surface area (Å²) in [5.41, 5.74) is 0.781. The average Bonchev–Trinajstić information content (AvgIpc) is 2.04. The van der Waals surface area contributed by atoms with Crippen LogP contribution in [0.4, 0.5) is 0 Å². The molecule has 0 amide bonds. The molecule has 0 aliphatic rings. The zero-order valence-corrected chi connectivity index (χ0v) is 7.74. The van der Waals surface area contributed by atoms with Crippen LogP contribution >= 0.6 is 15.9 Å². The summed E-state index contributed by atoms with van der Waals surface area (Å²) in [5.74, 6) is 0. The Kier molecular flexibility index (Phi) is 2.59. The van der Waals surface area contributed by atoms with Crippen LogP contribution in [-0.4, -0.2) is 16.6 Å². The van der Waals surface area contributed by atoms with Gasteiger partial charge in [0, 0.05) is 19.4 Å². The Morgan fingerprint density at radius 2 is 2.55 bits per heavy atom. The standard InChI is InChI=1S/C7H8BrN3/c1-3-11-5-6(8)10-4-7(11)9-2/h3-5H,1H2,2H3. The number of hydrogen-bond acceptors (Lipinski definition) is 2. The van der Waals surface area contributed by atoms with Gasteiger partial charge < -0.3 is 4.57 Å². The lowest BCUT2D eigenvalue weighted by molar-refractivity contribution is 0.942. The molecule has 1 aromatic heterocycles. The minimum atomic E-state index is 0.768. The Hall–Kier alpha value is -0.900. The van der Waals surface area contributed by atoms with Crippen LogP contribution in [0.5, 0.6) is 0 Å². The maximum atomic E-state index is 4.01. The summed E-state index contributed by atoms with van der Waals surface area (Å²) in [4.78, 5) is 8.00. The molecule has 58 valence electrons. The van der Waals surface area contributed by atoms with Crippen molar-refractivity contribution in [2.45, 2.75) is 0 Å². The lowest BCUT2D eigenvalue weighted by Crippen LogP contribution is -2.15. The van der Waals surface area contributed by atoms with E-state index in [9.17, 15) is 0 Å². The van der Waals surface area contributed by atoms with Crippen LogP contribution in [0.2, 0.25) is 0 Å². The van der Waals surface area contributed by atoms with Gasteiger partial charge in [-0.3, -0.25) is 4.99 Å². The first-order valence-corrected chi connectivity index (χ1v) is 3.86. The number of halogens is 1. The van der Waals surface area contributed by atoms with E-state index in [0.29, 0.717) is 0 Å². The molecule has 1 heterocycles. The van der Waals surface area contributed by atoms with Crippen molar-refractivity contribution in [1.82, 2.24) is 9.55 Å². The Balaban J connectivity index is 3.40. The molecule has 0 aliphatic heterocycles. The third-order valence-corrected chi connectivity index (χ3v) is 1.65. The molecule has 1 rings (SSSR count). The van der Waals surface area contributed by atoms with Gasteiger partial charge in [0.05, 0.1) is 6.20 Å². The van der Waals surface area contributed by atoms with E-state index in [4.69, 9.17) is 0 Å². The normalized spacial score (nSPS) is 11.6. The zero-order valence-electron chi connectivity index (χ0n) is 6.16. The first-order chi connectivity index (χ1) is 5.27. The molecule has 4 heteroatoms. The molecule has 3 nitrogen and oxygen atoms in total. The Labute approximate surface area is 73.2 Å². The average molecular weight is 214 g/mol. The summed E-state index contributed by atoms with van der Waals surface area (Å²) in [5, 5.41) is 0. The summed E-state index contributed by atoms with van der Waals surface area (Å²) in [7, 11) is 1.71. The predicted octanol–water partition coefficient (Wildman–Crippen LogP) is 1.28. The molecule has 0 spiro atoms. The van der Waals surface area contributed by atoms with Crippen molar-refractivity contribution < 1.29 is 0 Å². The molecule has 0 fully saturated rings. The second kappa shape index (κ2) is 3.48. The minimum absolute atomic E-state index is 0.768. The fourth-order valence-corrected chi connectivity index (χ4v) is 1.04. The molecular weight excluding hydrogens is 206 g/mol. The summed E-state index contributed by atoms with van der Waals surface area (Å²) >= 11 is 3.24. The van der Waals surface area contributed by atoms with Crippen molar-refractivity contribution in [1.29, 1.82) is 0 Å². The van der Waals surface area contributed by atoms with E-state index in [-0.39, 0.29) is 0 Å². The van der Waals surface area contributed by atoms with Crippen molar-refractivity contribution >= 4 is 22.1 Å². The van der Waals surface area contributed by atoms with Crippen molar-refractivity contribution in [3.05, 3.63) is 29.1 Å². The first-order valence-electron chi connectivity index (χ1n) is 3.07. The summed E-state index contributed by atoms with van der Waals surface area (Å²) in [6, 6.07) is 0. The predicted molar refractivity (Wildman–Crippen MR) is 47.8 cm³/mol. The van der Waals surface area contributed by atoms with Gasteiger partial charge in [-0.1, -0.05) is 6.58 Å². The topological polar surface area (TPSA) is 30.2 Å². The Bertz CT molecular complexity index is 327. The van der Waals surface area contributed by atoms with E-state index in [0.717, 1.165) is 10.1 Å². The van der Waals surface area contributed by atoms with Crippen LogP contribution in [0.15, 0.2) is 28.6 Å². The fourth-order valence-electron chi connectivity index (χ4n) is 0.720. The summed E-state index contributed by atoms with van der Waals surface area (Å²) < 4.78 is 2.56. The van der Waals surface area contributed by atoms with Crippen molar-refractivity contribution in [2.24, 2.45) is 4.99 Å². The van der Waals surface area contributed by atoms with Crippen LogP contribution in [0.25, 0.3) is 6.20 Å². The third kappa shape index (κ3) is 1.77. The highest BCUT2D eigenvalue weighted by Gasteiger charge is 1.89. The van der Waals surface area contributed by atoms with E-state index in [1.807, 2.05) is 0 Å². The van der Waals surface area contributed by atoms with Crippen molar-refractivity contribution in [3.63, 3.8) is 0 Å². The van der Waals surface area contributed by atoms with E-state index in [1.54, 1.807) is 30.2 Å². The van der Waals surface area contributed by atoms with E-state index < -0.39 is 0 Å². The van der Waals surface area contributed by atoms with Gasteiger partial charge in [0.15, 0.2) is 0 Å². The molecule has 0 N–H and O–H groups in total. The van der Waals surface area contributed by atoms with Crippen LogP contribution in [0.1, 0.15) is 0 Å². The highest BCUT2D eigenvalue weighted by Crippen LogP contribution is 1.99. The van der Waals surface area contributed by atoms with Crippen molar-refractivity contribution in [2.75, 3.05) is 7.05 Å². The third-order valence-electron chi connectivity index (χ3n) is 1.24. The SMILES string of the molecule is C=Cn1cc(Br)ncc1=NC. The summed E-state index contributed by atoms with van der Waals surface area (Å²) in [6.07, 6.45) is 5.15. The van der Waals surface area contributed by atoms with Gasteiger partial charge in [-0.2, -0.15) is 0 Å². The maximum absolute atomic E-state index is 4.01. The first kappa shape index (κ1) is 8.20. The largest absolute Gasteiger partial charge is 0.306 e. The van der Waals surface area contributed by atoms with Crippen LogP contribution in [0.3, 0.4) is 0 Å². The van der Waals surface area contributed by atoms with Gasteiger partial charge >= 0.3 is 0 Å². The molecule has 0 aromatic carbocycles. The lowest BCUT2D eigenvalue weighted by Gasteiger charge is -1.98. The molecule has 0 saturated heterocycles. The summed E-state index contributed by atoms with van der Waals surface area (Å²) in [6.45, 7) is 3.64.